The molecule has 33 heavy (non-hydrogen) atoms. The summed E-state index contributed by atoms with van der Waals surface area (Å²) in [5.41, 5.74) is 0.528. The number of methoxy groups -OCH3 is 1. The highest BCUT2D eigenvalue weighted by Gasteiger charge is 2.50. The number of hydrogen-bond donors (Lipinski definition) is 3. The van der Waals surface area contributed by atoms with Crippen LogP contribution in [0.5, 0.6) is 5.75 Å². The standard InChI is InChI=1S/C24H34N2O7/c1-12-11-26(13(2)10-25-12)16-9-18(27)32-21-14(3)17(8-7-15(16)21)31-23-20(29)19(28)22(30-6)24(4,5)33-23/h7-9,12-13,19-20,22-23,25,28-29H,10-11H2,1-6H3/t12?,13?,19-,20+,22+,23+/m0/s1. The molecule has 9 heteroatoms. The minimum Gasteiger partial charge on any atom is -0.462 e. The number of rotatable bonds is 4. The topological polar surface area (TPSA) is 114 Å². The fraction of sp³-hybridized carbons (Fsp3) is 0.625. The van der Waals surface area contributed by atoms with Gasteiger partial charge in [0.05, 0.1) is 11.3 Å². The Morgan fingerprint density at radius 3 is 2.64 bits per heavy atom. The Morgan fingerprint density at radius 2 is 1.94 bits per heavy atom. The molecule has 0 saturated carbocycles. The summed E-state index contributed by atoms with van der Waals surface area (Å²) in [6, 6.07) is 5.67. The molecule has 2 saturated heterocycles. The third-order valence-electron chi connectivity index (χ3n) is 6.70. The maximum absolute atomic E-state index is 12.5. The molecule has 1 aromatic heterocycles. The van der Waals surface area contributed by atoms with Gasteiger partial charge in [0.15, 0.2) is 0 Å². The number of fused-ring (bicyclic) bond motifs is 1. The van der Waals surface area contributed by atoms with E-state index in [1.807, 2.05) is 6.07 Å². The zero-order valence-electron chi connectivity index (χ0n) is 20.0. The molecule has 3 N–H and O–H groups in total. The molecule has 0 bridgehead atoms. The van der Waals surface area contributed by atoms with Crippen molar-refractivity contribution in [1.29, 1.82) is 0 Å². The van der Waals surface area contributed by atoms with Crippen LogP contribution >= 0.6 is 0 Å². The Kier molecular flexibility index (Phi) is 6.45. The molecule has 2 aliphatic heterocycles. The van der Waals surface area contributed by atoms with Gasteiger partial charge in [-0.15, -0.1) is 0 Å². The van der Waals surface area contributed by atoms with Crippen LogP contribution in [0.25, 0.3) is 11.0 Å². The number of aliphatic hydroxyl groups excluding tert-OH is 2. The van der Waals surface area contributed by atoms with Gasteiger partial charge in [-0.25, -0.2) is 4.79 Å². The van der Waals surface area contributed by atoms with Gasteiger partial charge in [-0.1, -0.05) is 0 Å². The molecule has 6 atom stereocenters. The Balaban J connectivity index is 1.70. The molecule has 4 rings (SSSR count). The van der Waals surface area contributed by atoms with E-state index in [2.05, 4.69) is 24.1 Å². The number of anilines is 1. The molecule has 2 aliphatic rings. The van der Waals surface area contributed by atoms with Crippen molar-refractivity contribution in [1.82, 2.24) is 5.32 Å². The maximum atomic E-state index is 12.5. The first-order valence-electron chi connectivity index (χ1n) is 11.3. The fourth-order valence-electron chi connectivity index (χ4n) is 4.88. The van der Waals surface area contributed by atoms with Crippen LogP contribution in [0.1, 0.15) is 33.3 Å². The van der Waals surface area contributed by atoms with Crippen LogP contribution in [0, 0.1) is 6.92 Å². The Labute approximate surface area is 193 Å². The summed E-state index contributed by atoms with van der Waals surface area (Å²) in [6.45, 7) is 11.1. The monoisotopic (exact) mass is 462 g/mol. The first kappa shape index (κ1) is 24.0. The Morgan fingerprint density at radius 1 is 1.21 bits per heavy atom. The molecule has 2 unspecified atom stereocenters. The molecule has 0 radical (unpaired) electrons. The number of aryl methyl sites for hydroxylation is 1. The number of nitrogens with zero attached hydrogens (tertiary/aromatic N) is 1. The van der Waals surface area contributed by atoms with Gasteiger partial charge in [0.1, 0.15) is 29.6 Å². The smallest absolute Gasteiger partial charge is 0.338 e. The van der Waals surface area contributed by atoms with Crippen LogP contribution in [-0.2, 0) is 9.47 Å². The number of nitrogens with one attached hydrogen (secondary N) is 1. The number of aliphatic hydroxyl groups is 2. The van der Waals surface area contributed by atoms with E-state index in [0.717, 1.165) is 24.2 Å². The zero-order valence-corrected chi connectivity index (χ0v) is 20.0. The van der Waals surface area contributed by atoms with E-state index >= 15 is 0 Å². The molecule has 1 aromatic carbocycles. The highest BCUT2D eigenvalue weighted by molar-refractivity contribution is 5.93. The number of piperazine rings is 1. The molecule has 3 heterocycles. The molecular formula is C24H34N2O7. The second kappa shape index (κ2) is 8.88. The van der Waals surface area contributed by atoms with E-state index in [1.54, 1.807) is 26.8 Å². The first-order valence-corrected chi connectivity index (χ1v) is 11.3. The van der Waals surface area contributed by atoms with Crippen LogP contribution in [-0.4, -0.2) is 72.7 Å². The van der Waals surface area contributed by atoms with Crippen molar-refractivity contribution in [2.75, 3.05) is 25.1 Å². The number of ether oxygens (including phenoxy) is 3. The highest BCUT2D eigenvalue weighted by Crippen LogP contribution is 2.37. The molecule has 2 fully saturated rings. The lowest BCUT2D eigenvalue weighted by Crippen LogP contribution is -2.63. The van der Waals surface area contributed by atoms with E-state index in [0.29, 0.717) is 22.9 Å². The molecule has 0 spiro atoms. The number of benzene rings is 1. The van der Waals surface area contributed by atoms with E-state index in [-0.39, 0.29) is 6.04 Å². The number of hydrogen-bond acceptors (Lipinski definition) is 9. The SMILES string of the molecule is CO[C@@H]1[C@@H](O)[C@@H](O)[C@H](Oc2ccc3c(N4CC(C)NCC4C)cc(=O)oc3c2C)OC1(C)C. The van der Waals surface area contributed by atoms with E-state index in [4.69, 9.17) is 18.6 Å². The van der Waals surface area contributed by atoms with Crippen molar-refractivity contribution in [3.05, 3.63) is 34.2 Å². The fourth-order valence-corrected chi connectivity index (χ4v) is 4.88. The van der Waals surface area contributed by atoms with Crippen molar-refractivity contribution < 1.29 is 28.8 Å². The zero-order chi connectivity index (χ0) is 24.1. The maximum Gasteiger partial charge on any atom is 0.338 e. The third kappa shape index (κ3) is 4.36. The van der Waals surface area contributed by atoms with Crippen LogP contribution in [0.2, 0.25) is 0 Å². The van der Waals surface area contributed by atoms with Crippen LogP contribution in [0.15, 0.2) is 27.4 Å². The predicted octanol–water partition coefficient (Wildman–Crippen LogP) is 1.54. The van der Waals surface area contributed by atoms with Crippen molar-refractivity contribution in [3.63, 3.8) is 0 Å². The van der Waals surface area contributed by atoms with Gasteiger partial charge in [0, 0.05) is 49.3 Å². The normalized spacial score (nSPS) is 32.2. The average Bonchev–Trinajstić information content (AvgIpc) is 2.75. The van der Waals surface area contributed by atoms with Gasteiger partial charge in [-0.3, -0.25) is 0 Å². The van der Waals surface area contributed by atoms with E-state index in [1.165, 1.54) is 13.2 Å². The van der Waals surface area contributed by atoms with Crippen molar-refractivity contribution in [2.24, 2.45) is 0 Å². The van der Waals surface area contributed by atoms with Gasteiger partial charge >= 0.3 is 5.63 Å². The Hall–Kier alpha value is -2.17. The summed E-state index contributed by atoms with van der Waals surface area (Å²) in [5, 5.41) is 25.4. The van der Waals surface area contributed by atoms with Gasteiger partial charge in [-0.2, -0.15) is 0 Å². The second-order valence-electron chi connectivity index (χ2n) is 9.67. The van der Waals surface area contributed by atoms with E-state index in [9.17, 15) is 15.0 Å². The molecule has 182 valence electrons. The third-order valence-corrected chi connectivity index (χ3v) is 6.70. The van der Waals surface area contributed by atoms with Gasteiger partial charge in [0.2, 0.25) is 6.29 Å². The van der Waals surface area contributed by atoms with Gasteiger partial charge < -0.3 is 39.1 Å². The Bertz CT molecular complexity index is 1070. The molecule has 9 nitrogen and oxygen atoms in total. The summed E-state index contributed by atoms with van der Waals surface area (Å²) in [6.07, 6.45) is -4.35. The van der Waals surface area contributed by atoms with Crippen LogP contribution in [0.3, 0.4) is 0 Å². The molecule has 2 aromatic rings. The lowest BCUT2D eigenvalue weighted by Gasteiger charge is -2.46. The minimum atomic E-state index is -1.32. The van der Waals surface area contributed by atoms with E-state index < -0.39 is 35.8 Å². The minimum absolute atomic E-state index is 0.214. The molecule has 0 aliphatic carbocycles. The largest absolute Gasteiger partial charge is 0.462 e. The van der Waals surface area contributed by atoms with Gasteiger partial charge in [-0.05, 0) is 46.8 Å². The highest BCUT2D eigenvalue weighted by atomic mass is 16.7. The average molecular weight is 463 g/mol. The summed E-state index contributed by atoms with van der Waals surface area (Å²) < 4.78 is 22.8. The lowest BCUT2D eigenvalue weighted by atomic mass is 9.89. The second-order valence-corrected chi connectivity index (χ2v) is 9.67. The van der Waals surface area contributed by atoms with Crippen molar-refractivity contribution >= 4 is 16.7 Å². The lowest BCUT2D eigenvalue weighted by molar-refractivity contribution is -0.306. The van der Waals surface area contributed by atoms with Crippen molar-refractivity contribution in [3.8, 4) is 5.75 Å². The summed E-state index contributed by atoms with van der Waals surface area (Å²) >= 11 is 0. The molecular weight excluding hydrogens is 428 g/mol. The van der Waals surface area contributed by atoms with Crippen LogP contribution < -0.4 is 20.6 Å². The summed E-state index contributed by atoms with van der Waals surface area (Å²) in [4.78, 5) is 14.7. The predicted molar refractivity (Wildman–Crippen MR) is 124 cm³/mol. The van der Waals surface area contributed by atoms with Crippen molar-refractivity contribution in [2.45, 2.75) is 76.9 Å². The molecule has 0 amide bonds. The summed E-state index contributed by atoms with van der Waals surface area (Å²) in [7, 11) is 1.46. The van der Waals surface area contributed by atoms with Crippen LogP contribution in [0.4, 0.5) is 5.69 Å². The quantitative estimate of drug-likeness (QED) is 0.582. The first-order chi connectivity index (χ1) is 15.5. The summed E-state index contributed by atoms with van der Waals surface area (Å²) in [5.74, 6) is 0.396. The van der Waals surface area contributed by atoms with Gasteiger partial charge in [0.25, 0.3) is 0 Å².